The van der Waals surface area contributed by atoms with Crippen LogP contribution >= 0.6 is 0 Å². The minimum absolute atomic E-state index is 0.183. The normalized spacial score (nSPS) is 13.4. The lowest BCUT2D eigenvalue weighted by molar-refractivity contribution is -0.162. The van der Waals surface area contributed by atoms with E-state index in [2.05, 4.69) is 0 Å². The van der Waals surface area contributed by atoms with Crippen LogP contribution in [0.4, 0.5) is 0 Å². The highest BCUT2D eigenvalue weighted by Gasteiger charge is 2.26. The molecule has 2 aromatic carbocycles. The maximum absolute atomic E-state index is 11.9. The average molecular weight is 369 g/mol. The third kappa shape index (κ3) is 4.63. The molecule has 7 heteroatoms. The molecule has 1 aliphatic rings. The Morgan fingerprint density at radius 3 is 2.63 bits per heavy atom. The van der Waals surface area contributed by atoms with E-state index in [-0.39, 0.29) is 19.0 Å². The summed E-state index contributed by atoms with van der Waals surface area (Å²) in [5, 5.41) is 1.83. The van der Waals surface area contributed by atoms with Crippen molar-refractivity contribution in [2.45, 2.75) is 6.92 Å². The fourth-order valence-corrected chi connectivity index (χ4v) is 2.75. The molecule has 140 valence electrons. The number of fused-ring (bicyclic) bond motifs is 1. The second-order valence-corrected chi connectivity index (χ2v) is 5.85. The first kappa shape index (κ1) is 18.4. The van der Waals surface area contributed by atoms with Crippen LogP contribution in [-0.4, -0.2) is 49.0 Å². The van der Waals surface area contributed by atoms with Crippen LogP contribution in [0.5, 0.6) is 5.75 Å². The topological polar surface area (TPSA) is 82.1 Å². The third-order valence-corrected chi connectivity index (χ3v) is 3.92. The van der Waals surface area contributed by atoms with Crippen molar-refractivity contribution < 1.29 is 28.6 Å². The number of amides is 1. The van der Waals surface area contributed by atoms with Crippen molar-refractivity contribution in [3.05, 3.63) is 54.3 Å². The SMILES string of the molecule is CCOC1=CC(=O)N(CC(=O)OC(=O)COc2cccc3ccccc23)C1. The highest BCUT2D eigenvalue weighted by molar-refractivity contribution is 5.95. The minimum atomic E-state index is -0.822. The number of carbonyl (C=O) groups excluding carboxylic acids is 3. The Morgan fingerprint density at radius 1 is 1.04 bits per heavy atom. The van der Waals surface area contributed by atoms with E-state index in [1.54, 1.807) is 13.0 Å². The zero-order valence-corrected chi connectivity index (χ0v) is 14.8. The van der Waals surface area contributed by atoms with Gasteiger partial charge in [0.15, 0.2) is 6.61 Å². The summed E-state index contributed by atoms with van der Waals surface area (Å²) >= 11 is 0. The Bertz CT molecular complexity index is 899. The molecule has 0 spiro atoms. The molecule has 0 N–H and O–H groups in total. The first-order valence-electron chi connectivity index (χ1n) is 8.53. The summed E-state index contributed by atoms with van der Waals surface area (Å²) in [6, 6.07) is 13.1. The number of hydrogen-bond donors (Lipinski definition) is 0. The molecule has 0 saturated heterocycles. The lowest BCUT2D eigenvalue weighted by atomic mass is 10.1. The van der Waals surface area contributed by atoms with Crippen LogP contribution in [-0.2, 0) is 23.9 Å². The first-order chi connectivity index (χ1) is 13.1. The van der Waals surface area contributed by atoms with Crippen LogP contribution in [0.25, 0.3) is 10.8 Å². The van der Waals surface area contributed by atoms with Crippen molar-refractivity contribution in [1.82, 2.24) is 4.90 Å². The van der Waals surface area contributed by atoms with Gasteiger partial charge in [-0.25, -0.2) is 9.59 Å². The number of hydrogen-bond acceptors (Lipinski definition) is 6. The molecule has 0 atom stereocenters. The van der Waals surface area contributed by atoms with Crippen LogP contribution in [0.3, 0.4) is 0 Å². The first-order valence-corrected chi connectivity index (χ1v) is 8.53. The Morgan fingerprint density at radius 2 is 1.81 bits per heavy atom. The van der Waals surface area contributed by atoms with E-state index in [9.17, 15) is 14.4 Å². The smallest absolute Gasteiger partial charge is 0.351 e. The minimum Gasteiger partial charge on any atom is -0.496 e. The standard InChI is InChI=1S/C20H19NO6/c1-2-25-15-10-18(22)21(11-15)12-19(23)27-20(24)13-26-17-9-5-7-14-6-3-4-8-16(14)17/h3-10H,2,11-13H2,1H3. The van der Waals surface area contributed by atoms with Crippen LogP contribution in [0.15, 0.2) is 54.3 Å². The molecule has 0 bridgehead atoms. The van der Waals surface area contributed by atoms with Gasteiger partial charge in [0.05, 0.1) is 13.2 Å². The molecule has 27 heavy (non-hydrogen) atoms. The molecule has 1 amide bonds. The molecule has 0 unspecified atom stereocenters. The van der Waals surface area contributed by atoms with Crippen molar-refractivity contribution in [3.8, 4) is 5.75 Å². The molecule has 1 heterocycles. The van der Waals surface area contributed by atoms with Gasteiger partial charge in [0.1, 0.15) is 18.1 Å². The van der Waals surface area contributed by atoms with E-state index < -0.39 is 18.5 Å². The summed E-state index contributed by atoms with van der Waals surface area (Å²) < 4.78 is 15.5. The van der Waals surface area contributed by atoms with Gasteiger partial charge in [-0.3, -0.25) is 4.79 Å². The number of benzene rings is 2. The second-order valence-electron chi connectivity index (χ2n) is 5.85. The van der Waals surface area contributed by atoms with E-state index in [1.165, 1.54) is 11.0 Å². The zero-order valence-electron chi connectivity index (χ0n) is 14.8. The Labute approximate surface area is 156 Å². The summed E-state index contributed by atoms with van der Waals surface area (Å²) in [6.45, 7) is 1.68. The van der Waals surface area contributed by atoms with E-state index in [0.717, 1.165) is 10.8 Å². The Kier molecular flexibility index (Phi) is 5.71. The molecular weight excluding hydrogens is 350 g/mol. The van der Waals surface area contributed by atoms with Crippen molar-refractivity contribution in [1.29, 1.82) is 0 Å². The van der Waals surface area contributed by atoms with Crippen molar-refractivity contribution >= 4 is 28.6 Å². The van der Waals surface area contributed by atoms with E-state index in [1.807, 2.05) is 36.4 Å². The van der Waals surface area contributed by atoms with Gasteiger partial charge in [-0.05, 0) is 18.4 Å². The fourth-order valence-electron chi connectivity index (χ4n) is 2.75. The summed E-state index contributed by atoms with van der Waals surface area (Å²) in [7, 11) is 0. The van der Waals surface area contributed by atoms with Gasteiger partial charge in [-0.1, -0.05) is 36.4 Å². The fraction of sp³-hybridized carbons (Fsp3) is 0.250. The number of rotatable bonds is 7. The van der Waals surface area contributed by atoms with Gasteiger partial charge in [0.25, 0.3) is 5.91 Å². The summed E-state index contributed by atoms with van der Waals surface area (Å²) in [5.74, 6) is -0.980. The largest absolute Gasteiger partial charge is 0.496 e. The van der Waals surface area contributed by atoms with Crippen LogP contribution in [0.2, 0.25) is 0 Å². The van der Waals surface area contributed by atoms with Gasteiger partial charge in [-0.2, -0.15) is 0 Å². The summed E-state index contributed by atoms with van der Waals surface area (Å²) in [6.07, 6.45) is 1.32. The highest BCUT2D eigenvalue weighted by atomic mass is 16.6. The Balaban J connectivity index is 1.49. The van der Waals surface area contributed by atoms with Crippen molar-refractivity contribution in [3.63, 3.8) is 0 Å². The lowest BCUT2D eigenvalue weighted by Gasteiger charge is -2.15. The predicted octanol–water partition coefficient (Wildman–Crippen LogP) is 2.05. The van der Waals surface area contributed by atoms with Crippen molar-refractivity contribution in [2.24, 2.45) is 0 Å². The van der Waals surface area contributed by atoms with E-state index in [0.29, 0.717) is 18.1 Å². The number of esters is 2. The maximum atomic E-state index is 11.9. The van der Waals surface area contributed by atoms with Gasteiger partial charge in [0.2, 0.25) is 0 Å². The molecule has 1 aliphatic heterocycles. The summed E-state index contributed by atoms with van der Waals surface area (Å²) in [4.78, 5) is 36.8. The summed E-state index contributed by atoms with van der Waals surface area (Å²) in [5.41, 5.74) is 0. The van der Waals surface area contributed by atoms with Gasteiger partial charge < -0.3 is 19.1 Å². The second kappa shape index (κ2) is 8.35. The number of carbonyl (C=O) groups is 3. The lowest BCUT2D eigenvalue weighted by Crippen LogP contribution is -2.34. The predicted molar refractivity (Wildman–Crippen MR) is 96.8 cm³/mol. The Hall–Kier alpha value is -3.35. The van der Waals surface area contributed by atoms with Gasteiger partial charge in [-0.15, -0.1) is 0 Å². The zero-order chi connectivity index (χ0) is 19.2. The molecule has 7 nitrogen and oxygen atoms in total. The van der Waals surface area contributed by atoms with Crippen LogP contribution in [0, 0.1) is 0 Å². The third-order valence-electron chi connectivity index (χ3n) is 3.92. The maximum Gasteiger partial charge on any atom is 0.351 e. The average Bonchev–Trinajstić information content (AvgIpc) is 2.99. The van der Waals surface area contributed by atoms with Crippen molar-refractivity contribution in [2.75, 3.05) is 26.3 Å². The molecule has 3 rings (SSSR count). The van der Waals surface area contributed by atoms with Crippen LogP contribution in [0.1, 0.15) is 6.92 Å². The molecular formula is C20H19NO6. The van der Waals surface area contributed by atoms with Crippen LogP contribution < -0.4 is 4.74 Å². The molecule has 0 saturated carbocycles. The van der Waals surface area contributed by atoms with Gasteiger partial charge in [0, 0.05) is 11.5 Å². The number of nitrogens with zero attached hydrogens (tertiary/aromatic N) is 1. The molecule has 0 fully saturated rings. The quantitative estimate of drug-likeness (QED) is 0.549. The monoisotopic (exact) mass is 369 g/mol. The van der Waals surface area contributed by atoms with E-state index in [4.69, 9.17) is 14.2 Å². The number of ether oxygens (including phenoxy) is 3. The molecule has 0 aliphatic carbocycles. The van der Waals surface area contributed by atoms with E-state index >= 15 is 0 Å². The highest BCUT2D eigenvalue weighted by Crippen LogP contribution is 2.25. The van der Waals surface area contributed by atoms with Gasteiger partial charge >= 0.3 is 11.9 Å². The molecule has 0 radical (unpaired) electrons. The molecule has 2 aromatic rings. The molecule has 0 aromatic heterocycles.